The molecule has 1 unspecified atom stereocenters. The lowest BCUT2D eigenvalue weighted by molar-refractivity contribution is -0.0711. The zero-order valence-corrected chi connectivity index (χ0v) is 10.6. The molecule has 1 aliphatic heterocycles. The monoisotopic (exact) mass is 243 g/mol. The molecule has 2 aliphatic rings. The molecule has 2 fully saturated rings. The van der Waals surface area contributed by atoms with Gasteiger partial charge in [0.2, 0.25) is 0 Å². The van der Waals surface area contributed by atoms with Crippen molar-refractivity contribution in [3.63, 3.8) is 0 Å². The van der Waals surface area contributed by atoms with Gasteiger partial charge in [0.05, 0.1) is 19.3 Å². The second kappa shape index (κ2) is 6.14. The van der Waals surface area contributed by atoms with Gasteiger partial charge in [0.15, 0.2) is 0 Å². The van der Waals surface area contributed by atoms with Crippen LogP contribution in [0.25, 0.3) is 0 Å². The first-order chi connectivity index (χ1) is 8.28. The topological polar surface area (TPSA) is 52.9 Å². The van der Waals surface area contributed by atoms with E-state index in [-0.39, 0.29) is 18.1 Å². The summed E-state index contributed by atoms with van der Waals surface area (Å²) in [6.07, 6.45) is 6.05. The van der Waals surface area contributed by atoms with Gasteiger partial charge in [-0.3, -0.25) is 4.90 Å². The van der Waals surface area contributed by atoms with Crippen LogP contribution in [0.2, 0.25) is 0 Å². The number of hydrogen-bond donors (Lipinski definition) is 2. The Balaban J connectivity index is 1.88. The normalized spacial score (nSPS) is 30.4. The predicted molar refractivity (Wildman–Crippen MR) is 65.9 cm³/mol. The maximum atomic E-state index is 9.69. The minimum atomic E-state index is -0.0388. The summed E-state index contributed by atoms with van der Waals surface area (Å²) in [5.41, 5.74) is 0.107. The Morgan fingerprint density at radius 1 is 1.18 bits per heavy atom. The second-order valence-electron chi connectivity index (χ2n) is 5.63. The first-order valence-electron chi connectivity index (χ1n) is 6.84. The molecule has 1 saturated carbocycles. The van der Waals surface area contributed by atoms with E-state index >= 15 is 0 Å². The van der Waals surface area contributed by atoms with Crippen LogP contribution >= 0.6 is 0 Å². The third-order valence-electron chi connectivity index (χ3n) is 4.24. The van der Waals surface area contributed by atoms with E-state index < -0.39 is 0 Å². The number of morpholine rings is 1. The van der Waals surface area contributed by atoms with Crippen LogP contribution in [0.1, 0.15) is 32.1 Å². The van der Waals surface area contributed by atoms with E-state index in [2.05, 4.69) is 4.90 Å². The standard InChI is InChI=1S/C13H25NO3/c15-9-12-8-14(6-7-17-12)10-13(11-16)4-2-1-3-5-13/h12,15-16H,1-11H2. The van der Waals surface area contributed by atoms with E-state index in [0.717, 1.165) is 32.5 Å². The smallest absolute Gasteiger partial charge is 0.0932 e. The molecule has 0 amide bonds. The van der Waals surface area contributed by atoms with Gasteiger partial charge in [-0.2, -0.15) is 0 Å². The molecular formula is C13H25NO3. The molecule has 0 aromatic heterocycles. The summed E-state index contributed by atoms with van der Waals surface area (Å²) in [5, 5.41) is 18.8. The van der Waals surface area contributed by atoms with Crippen molar-refractivity contribution in [2.45, 2.75) is 38.2 Å². The van der Waals surface area contributed by atoms with Crippen molar-refractivity contribution in [3.8, 4) is 0 Å². The highest BCUT2D eigenvalue weighted by atomic mass is 16.5. The van der Waals surface area contributed by atoms with E-state index in [4.69, 9.17) is 9.84 Å². The molecule has 1 heterocycles. The van der Waals surface area contributed by atoms with E-state index in [9.17, 15) is 5.11 Å². The Morgan fingerprint density at radius 3 is 2.59 bits per heavy atom. The molecule has 1 aliphatic carbocycles. The van der Waals surface area contributed by atoms with Gasteiger partial charge in [-0.15, -0.1) is 0 Å². The maximum absolute atomic E-state index is 9.69. The third kappa shape index (κ3) is 3.41. The number of ether oxygens (including phenoxy) is 1. The highest BCUT2D eigenvalue weighted by molar-refractivity contribution is 4.87. The van der Waals surface area contributed by atoms with Crippen LogP contribution in [0.3, 0.4) is 0 Å². The van der Waals surface area contributed by atoms with Gasteiger partial charge in [0.25, 0.3) is 0 Å². The number of nitrogens with zero attached hydrogens (tertiary/aromatic N) is 1. The molecule has 1 atom stereocenters. The van der Waals surface area contributed by atoms with Crippen molar-refractivity contribution in [2.24, 2.45) is 5.41 Å². The fourth-order valence-electron chi connectivity index (χ4n) is 3.18. The molecule has 0 spiro atoms. The minimum absolute atomic E-state index is 0.0388. The third-order valence-corrected chi connectivity index (χ3v) is 4.24. The van der Waals surface area contributed by atoms with E-state index in [1.807, 2.05) is 0 Å². The molecule has 2 N–H and O–H groups in total. The number of hydrogen-bond acceptors (Lipinski definition) is 4. The minimum Gasteiger partial charge on any atom is -0.396 e. The van der Waals surface area contributed by atoms with Crippen LogP contribution in [-0.4, -0.2) is 60.7 Å². The Kier molecular flexibility index (Phi) is 4.79. The Labute approximate surface area is 104 Å². The van der Waals surface area contributed by atoms with Crippen LogP contribution in [0, 0.1) is 5.41 Å². The molecule has 0 radical (unpaired) electrons. The highest BCUT2D eigenvalue weighted by Gasteiger charge is 2.34. The Morgan fingerprint density at radius 2 is 1.94 bits per heavy atom. The summed E-state index contributed by atoms with van der Waals surface area (Å²) in [7, 11) is 0. The zero-order chi connectivity index (χ0) is 12.1. The van der Waals surface area contributed by atoms with Crippen LogP contribution in [-0.2, 0) is 4.74 Å². The van der Waals surface area contributed by atoms with Gasteiger partial charge in [0, 0.05) is 31.7 Å². The molecule has 1 saturated heterocycles. The number of aliphatic hydroxyl groups excluding tert-OH is 2. The highest BCUT2D eigenvalue weighted by Crippen LogP contribution is 2.36. The molecule has 0 aromatic carbocycles. The van der Waals surface area contributed by atoms with Crippen molar-refractivity contribution in [1.82, 2.24) is 4.90 Å². The van der Waals surface area contributed by atoms with Gasteiger partial charge in [-0.25, -0.2) is 0 Å². The van der Waals surface area contributed by atoms with Crippen molar-refractivity contribution < 1.29 is 14.9 Å². The van der Waals surface area contributed by atoms with E-state index in [1.54, 1.807) is 0 Å². The molecule has 4 heteroatoms. The lowest BCUT2D eigenvalue weighted by Gasteiger charge is -2.42. The summed E-state index contributed by atoms with van der Waals surface area (Å²) in [6, 6.07) is 0. The van der Waals surface area contributed by atoms with Crippen LogP contribution < -0.4 is 0 Å². The first-order valence-corrected chi connectivity index (χ1v) is 6.84. The summed E-state index contributed by atoms with van der Waals surface area (Å²) in [5.74, 6) is 0. The fraction of sp³-hybridized carbons (Fsp3) is 1.00. The number of rotatable bonds is 4. The fourth-order valence-corrected chi connectivity index (χ4v) is 3.18. The van der Waals surface area contributed by atoms with Gasteiger partial charge >= 0.3 is 0 Å². The summed E-state index contributed by atoms with van der Waals surface area (Å²) >= 11 is 0. The van der Waals surface area contributed by atoms with Crippen LogP contribution in [0.4, 0.5) is 0 Å². The second-order valence-corrected chi connectivity index (χ2v) is 5.63. The Bertz CT molecular complexity index is 229. The quantitative estimate of drug-likeness (QED) is 0.760. The lowest BCUT2D eigenvalue weighted by Crippen LogP contribution is -2.49. The summed E-state index contributed by atoms with van der Waals surface area (Å²) in [6.45, 7) is 3.80. The summed E-state index contributed by atoms with van der Waals surface area (Å²) in [4.78, 5) is 2.35. The van der Waals surface area contributed by atoms with E-state index in [1.165, 1.54) is 19.3 Å². The van der Waals surface area contributed by atoms with Crippen molar-refractivity contribution in [3.05, 3.63) is 0 Å². The summed E-state index contributed by atoms with van der Waals surface area (Å²) < 4.78 is 5.46. The molecule has 4 nitrogen and oxygen atoms in total. The molecule has 0 bridgehead atoms. The lowest BCUT2D eigenvalue weighted by atomic mass is 9.74. The SMILES string of the molecule is OCC1CN(CC2(CO)CCCCC2)CCO1. The first kappa shape index (κ1) is 13.3. The number of aliphatic hydroxyl groups is 2. The van der Waals surface area contributed by atoms with Crippen molar-refractivity contribution in [2.75, 3.05) is 39.5 Å². The zero-order valence-electron chi connectivity index (χ0n) is 10.6. The van der Waals surface area contributed by atoms with Crippen molar-refractivity contribution >= 4 is 0 Å². The molecule has 2 rings (SSSR count). The van der Waals surface area contributed by atoms with Gasteiger partial charge in [0.1, 0.15) is 0 Å². The largest absolute Gasteiger partial charge is 0.396 e. The van der Waals surface area contributed by atoms with Gasteiger partial charge in [-0.1, -0.05) is 19.3 Å². The molecular weight excluding hydrogens is 218 g/mol. The average molecular weight is 243 g/mol. The molecule has 0 aromatic rings. The van der Waals surface area contributed by atoms with Gasteiger partial charge < -0.3 is 14.9 Å². The predicted octanol–water partition coefficient (Wildman–Crippen LogP) is 0.622. The van der Waals surface area contributed by atoms with Crippen molar-refractivity contribution in [1.29, 1.82) is 0 Å². The van der Waals surface area contributed by atoms with Crippen LogP contribution in [0.5, 0.6) is 0 Å². The van der Waals surface area contributed by atoms with Crippen LogP contribution in [0.15, 0.2) is 0 Å². The average Bonchev–Trinajstić information content (AvgIpc) is 2.40. The van der Waals surface area contributed by atoms with Gasteiger partial charge in [-0.05, 0) is 12.8 Å². The van der Waals surface area contributed by atoms with E-state index in [0.29, 0.717) is 13.2 Å². The molecule has 17 heavy (non-hydrogen) atoms. The molecule has 100 valence electrons. The maximum Gasteiger partial charge on any atom is 0.0932 e. The Hall–Kier alpha value is -0.160.